The minimum absolute atomic E-state index is 0.0243. The molecule has 5 heterocycles. The smallest absolute Gasteiger partial charge is 0.319 e. The van der Waals surface area contributed by atoms with Crippen molar-refractivity contribution in [2.75, 3.05) is 56.2 Å². The van der Waals surface area contributed by atoms with Crippen molar-refractivity contribution in [2.45, 2.75) is 37.3 Å². The van der Waals surface area contributed by atoms with Crippen LogP contribution in [0.15, 0.2) is 30.5 Å². The van der Waals surface area contributed by atoms with Gasteiger partial charge in [-0.3, -0.25) is 9.88 Å². The van der Waals surface area contributed by atoms with Gasteiger partial charge >= 0.3 is 6.01 Å². The summed E-state index contributed by atoms with van der Waals surface area (Å²) in [7, 11) is 0. The summed E-state index contributed by atoms with van der Waals surface area (Å²) in [5.41, 5.74) is 0.0898. The number of nitrogens with zero attached hydrogens (tertiary/aromatic N) is 5. The Balaban J connectivity index is 1.37. The maximum absolute atomic E-state index is 16.8. The third-order valence-corrected chi connectivity index (χ3v) is 10.0. The van der Waals surface area contributed by atoms with E-state index in [-0.39, 0.29) is 45.7 Å². The van der Waals surface area contributed by atoms with Crippen LogP contribution in [-0.2, 0) is 0 Å². The second-order valence-electron chi connectivity index (χ2n) is 11.9. The van der Waals surface area contributed by atoms with Crippen LogP contribution in [0.3, 0.4) is 0 Å². The number of benzene rings is 2. The predicted molar refractivity (Wildman–Crippen MR) is 170 cm³/mol. The number of thioether (sulfide) groups is 1. The average molecular weight is 617 g/mol. The third-order valence-electron chi connectivity index (χ3n) is 9.30. The molecule has 2 aromatic heterocycles. The molecular weight excluding hydrogens is 582 g/mol. The molecule has 228 valence electrons. The lowest BCUT2D eigenvalue weighted by atomic mass is 9.95. The van der Waals surface area contributed by atoms with Crippen molar-refractivity contribution in [2.24, 2.45) is 0 Å². The molecule has 2 N–H and O–H groups in total. The quantitative estimate of drug-likeness (QED) is 0.280. The maximum Gasteiger partial charge on any atom is 0.319 e. The van der Waals surface area contributed by atoms with Crippen molar-refractivity contribution in [3.63, 3.8) is 0 Å². The molecule has 1 atom stereocenters. The van der Waals surface area contributed by atoms with E-state index in [1.807, 2.05) is 0 Å². The lowest BCUT2D eigenvalue weighted by Crippen LogP contribution is -2.52. The van der Waals surface area contributed by atoms with E-state index in [0.29, 0.717) is 41.7 Å². The summed E-state index contributed by atoms with van der Waals surface area (Å²) >= 11 is 1.77. The Labute approximate surface area is 259 Å². The van der Waals surface area contributed by atoms with Gasteiger partial charge in [-0.25, -0.2) is 8.78 Å². The number of aromatic hydroxyl groups is 1. The molecule has 3 aliphatic rings. The highest BCUT2D eigenvalue weighted by molar-refractivity contribution is 7.98. The van der Waals surface area contributed by atoms with Gasteiger partial charge in [-0.2, -0.15) is 21.7 Å². The highest BCUT2D eigenvalue weighted by Gasteiger charge is 2.45. The minimum Gasteiger partial charge on any atom is -0.508 e. The van der Waals surface area contributed by atoms with Gasteiger partial charge in [0.25, 0.3) is 0 Å². The van der Waals surface area contributed by atoms with Crippen LogP contribution < -0.4 is 15.0 Å². The summed E-state index contributed by atoms with van der Waals surface area (Å²) in [6.45, 7) is 4.69. The molecule has 4 aromatic rings. The molecule has 7 rings (SSSR count). The van der Waals surface area contributed by atoms with E-state index < -0.39 is 11.6 Å². The highest BCUT2D eigenvalue weighted by Crippen LogP contribution is 2.41. The predicted octanol–water partition coefficient (Wildman–Crippen LogP) is 4.96. The third kappa shape index (κ3) is 4.99. The SMILES string of the molecule is C#Cc1c(F)ccc2cc(O)cc(-c3ncc4c(N5CCNC(CSC)C5)nc(OCC56CCCN5CCC6)nc4c3F)c12. The topological polar surface area (TPSA) is 86.6 Å². The van der Waals surface area contributed by atoms with E-state index >= 15 is 4.39 Å². The van der Waals surface area contributed by atoms with Crippen LogP contribution in [0.25, 0.3) is 32.9 Å². The molecule has 1 unspecified atom stereocenters. The summed E-state index contributed by atoms with van der Waals surface area (Å²) in [6.07, 6.45) is 13.7. The van der Waals surface area contributed by atoms with Crippen molar-refractivity contribution in [1.82, 2.24) is 25.2 Å². The number of ether oxygens (including phenoxy) is 1. The second-order valence-corrected chi connectivity index (χ2v) is 12.8. The summed E-state index contributed by atoms with van der Waals surface area (Å²) in [5, 5.41) is 15.3. The molecule has 3 fully saturated rings. The average Bonchev–Trinajstić information content (AvgIpc) is 3.61. The van der Waals surface area contributed by atoms with Crippen LogP contribution in [0.1, 0.15) is 31.2 Å². The second kappa shape index (κ2) is 11.7. The molecule has 44 heavy (non-hydrogen) atoms. The number of piperazine rings is 1. The fourth-order valence-electron chi connectivity index (χ4n) is 7.26. The zero-order valence-electron chi connectivity index (χ0n) is 24.6. The Bertz CT molecular complexity index is 1780. The first-order valence-electron chi connectivity index (χ1n) is 15.0. The highest BCUT2D eigenvalue weighted by atomic mass is 32.2. The molecule has 0 bridgehead atoms. The number of phenols is 1. The summed E-state index contributed by atoms with van der Waals surface area (Å²) in [4.78, 5) is 18.6. The fraction of sp³-hybridized carbons (Fsp3) is 0.424. The number of rotatable bonds is 7. The van der Waals surface area contributed by atoms with Crippen LogP contribution >= 0.6 is 11.8 Å². The molecule has 11 heteroatoms. The van der Waals surface area contributed by atoms with Crippen molar-refractivity contribution in [3.8, 4) is 35.4 Å². The molecule has 0 saturated carbocycles. The molecule has 0 radical (unpaired) electrons. The zero-order valence-corrected chi connectivity index (χ0v) is 25.4. The van der Waals surface area contributed by atoms with Gasteiger partial charge in [-0.15, -0.1) is 6.42 Å². The summed E-state index contributed by atoms with van der Waals surface area (Å²) in [5.74, 6) is 2.44. The molecular formula is C33H34F2N6O2S. The fourth-order valence-corrected chi connectivity index (χ4v) is 7.88. The molecule has 3 aliphatic heterocycles. The first kappa shape index (κ1) is 29.0. The van der Waals surface area contributed by atoms with E-state index in [0.717, 1.165) is 51.1 Å². The first-order chi connectivity index (χ1) is 21.4. The Morgan fingerprint density at radius 1 is 1.18 bits per heavy atom. The van der Waals surface area contributed by atoms with Crippen molar-refractivity contribution >= 4 is 39.3 Å². The first-order valence-corrected chi connectivity index (χ1v) is 16.4. The normalized spacial score (nSPS) is 19.9. The van der Waals surface area contributed by atoms with E-state index in [9.17, 15) is 9.50 Å². The van der Waals surface area contributed by atoms with E-state index in [1.165, 1.54) is 24.3 Å². The van der Waals surface area contributed by atoms with Gasteiger partial charge in [0.05, 0.1) is 16.5 Å². The number of hydrogen-bond acceptors (Lipinski definition) is 9. The van der Waals surface area contributed by atoms with Gasteiger partial charge in [0.15, 0.2) is 5.82 Å². The van der Waals surface area contributed by atoms with Gasteiger partial charge in [-0.05, 0) is 68.6 Å². The van der Waals surface area contributed by atoms with Gasteiger partial charge in [0.2, 0.25) is 0 Å². The lowest BCUT2D eigenvalue weighted by molar-refractivity contribution is 0.108. The number of pyridine rings is 1. The van der Waals surface area contributed by atoms with E-state index in [1.54, 1.807) is 18.0 Å². The number of halogens is 2. The number of phenolic OH excluding ortho intramolecular Hbond substituents is 1. The van der Waals surface area contributed by atoms with Gasteiger partial charge in [0, 0.05) is 48.6 Å². The Morgan fingerprint density at radius 3 is 2.77 bits per heavy atom. The lowest BCUT2D eigenvalue weighted by Gasteiger charge is -2.35. The van der Waals surface area contributed by atoms with Crippen LogP contribution in [0.4, 0.5) is 14.6 Å². The minimum atomic E-state index is -0.715. The summed E-state index contributed by atoms with van der Waals surface area (Å²) in [6, 6.07) is 5.93. The largest absolute Gasteiger partial charge is 0.508 e. The number of terminal acetylenes is 1. The monoisotopic (exact) mass is 616 g/mol. The molecule has 0 spiro atoms. The molecule has 0 aliphatic carbocycles. The number of anilines is 1. The Morgan fingerprint density at radius 2 is 2.00 bits per heavy atom. The number of fused-ring (bicyclic) bond motifs is 3. The van der Waals surface area contributed by atoms with Crippen molar-refractivity contribution in [3.05, 3.63) is 47.7 Å². The van der Waals surface area contributed by atoms with E-state index in [4.69, 9.17) is 16.1 Å². The van der Waals surface area contributed by atoms with Crippen LogP contribution in [0.5, 0.6) is 11.8 Å². The van der Waals surface area contributed by atoms with Gasteiger partial charge in [0.1, 0.15) is 35.2 Å². The number of hydrogen-bond donors (Lipinski definition) is 2. The summed E-state index contributed by atoms with van der Waals surface area (Å²) < 4.78 is 37.9. The van der Waals surface area contributed by atoms with Gasteiger partial charge in [-0.1, -0.05) is 12.0 Å². The van der Waals surface area contributed by atoms with Gasteiger partial charge < -0.3 is 20.1 Å². The van der Waals surface area contributed by atoms with Crippen LogP contribution in [0.2, 0.25) is 0 Å². The van der Waals surface area contributed by atoms with Crippen molar-refractivity contribution < 1.29 is 18.6 Å². The molecule has 3 saturated heterocycles. The maximum atomic E-state index is 16.8. The van der Waals surface area contributed by atoms with Crippen molar-refractivity contribution in [1.29, 1.82) is 0 Å². The molecule has 8 nitrogen and oxygen atoms in total. The Hall–Kier alpha value is -3.72. The van der Waals surface area contributed by atoms with Crippen LogP contribution in [-0.4, -0.2) is 87.9 Å². The van der Waals surface area contributed by atoms with Crippen LogP contribution in [0, 0.1) is 24.0 Å². The van der Waals surface area contributed by atoms with E-state index in [2.05, 4.69) is 37.3 Å². The molecule has 0 amide bonds. The Kier molecular flexibility index (Phi) is 7.69. The standard InChI is InChI=1S/C33H34F2N6O2S/c1-3-23-26(34)7-6-20-14-22(42)15-24(27(20)23)29-28(35)30-25(16-37-29)31(40-13-10-36-21(17-40)18-44-2)39-32(38-30)43-19-33-8-4-11-41(33)12-5-9-33/h1,6-7,14-16,21,36,42H,4-5,8-13,17-19H2,2H3. The zero-order chi connectivity index (χ0) is 30.4. The number of nitrogens with one attached hydrogen (secondary N) is 1. The number of aromatic nitrogens is 3. The molecule has 2 aromatic carbocycles.